The molecule has 24 heavy (non-hydrogen) atoms. The van der Waals surface area contributed by atoms with Crippen LogP contribution in [0.25, 0.3) is 0 Å². The van der Waals surface area contributed by atoms with Crippen molar-refractivity contribution >= 4 is 21.3 Å². The highest BCUT2D eigenvalue weighted by atomic mass is 28.3. The molecule has 3 heteroatoms. The van der Waals surface area contributed by atoms with Gasteiger partial charge in [0.25, 0.3) is 0 Å². The van der Waals surface area contributed by atoms with E-state index in [4.69, 9.17) is 4.74 Å². The lowest BCUT2D eigenvalue weighted by Crippen LogP contribution is -2.48. The first-order valence-corrected chi connectivity index (χ1v) is 16.2. The lowest BCUT2D eigenvalue weighted by atomic mass is 9.77. The van der Waals surface area contributed by atoms with Crippen molar-refractivity contribution in [1.29, 1.82) is 0 Å². The van der Waals surface area contributed by atoms with Gasteiger partial charge in [0.2, 0.25) is 0 Å². The summed E-state index contributed by atoms with van der Waals surface area (Å²) < 4.78 is 6.22. The molecular weight excluding hydrogens is 324 g/mol. The average Bonchev–Trinajstić information content (AvgIpc) is 2.85. The SMILES string of the molecule is C[Si](C)(C)CC1(c2ccccc2[Si](C)(C)C)COc2ccccc21. The van der Waals surface area contributed by atoms with E-state index in [0.29, 0.717) is 0 Å². The summed E-state index contributed by atoms with van der Waals surface area (Å²) in [7, 11) is -2.72. The normalized spacial score (nSPS) is 20.6. The lowest BCUT2D eigenvalue weighted by molar-refractivity contribution is 0.302. The van der Waals surface area contributed by atoms with Gasteiger partial charge in [0, 0.05) is 13.6 Å². The van der Waals surface area contributed by atoms with Crippen LogP contribution in [0.1, 0.15) is 11.1 Å². The van der Waals surface area contributed by atoms with Crippen molar-refractivity contribution < 1.29 is 4.74 Å². The number of fused-ring (bicyclic) bond motifs is 1. The van der Waals surface area contributed by atoms with Crippen molar-refractivity contribution in [2.24, 2.45) is 0 Å². The van der Waals surface area contributed by atoms with Crippen LogP contribution in [0.15, 0.2) is 48.5 Å². The van der Waals surface area contributed by atoms with E-state index in [0.717, 1.165) is 12.4 Å². The maximum atomic E-state index is 6.22. The second-order valence-electron chi connectivity index (χ2n) is 9.40. The Morgan fingerprint density at radius 3 is 2.04 bits per heavy atom. The van der Waals surface area contributed by atoms with Gasteiger partial charge in [0.15, 0.2) is 0 Å². The van der Waals surface area contributed by atoms with Gasteiger partial charge in [-0.3, -0.25) is 0 Å². The monoisotopic (exact) mass is 354 g/mol. The van der Waals surface area contributed by atoms with E-state index < -0.39 is 16.1 Å². The minimum absolute atomic E-state index is 0.0257. The Bertz CT molecular complexity index is 740. The van der Waals surface area contributed by atoms with Crippen molar-refractivity contribution in [2.75, 3.05) is 6.61 Å². The fourth-order valence-corrected chi connectivity index (χ4v) is 8.21. The van der Waals surface area contributed by atoms with Crippen molar-refractivity contribution in [2.45, 2.75) is 50.7 Å². The minimum atomic E-state index is -1.43. The molecule has 1 aliphatic rings. The van der Waals surface area contributed by atoms with Crippen LogP contribution in [0.4, 0.5) is 0 Å². The molecule has 0 spiro atoms. The quantitative estimate of drug-likeness (QED) is 0.682. The van der Waals surface area contributed by atoms with E-state index in [1.54, 1.807) is 5.19 Å². The van der Waals surface area contributed by atoms with Crippen molar-refractivity contribution in [3.63, 3.8) is 0 Å². The van der Waals surface area contributed by atoms with Crippen LogP contribution in [0.2, 0.25) is 45.3 Å². The Morgan fingerprint density at radius 2 is 1.42 bits per heavy atom. The first-order valence-electron chi connectivity index (χ1n) is 8.96. The van der Waals surface area contributed by atoms with Crippen LogP contribution in [0, 0.1) is 0 Å². The van der Waals surface area contributed by atoms with Crippen LogP contribution >= 0.6 is 0 Å². The van der Waals surface area contributed by atoms with Gasteiger partial charge in [-0.05, 0) is 17.7 Å². The van der Waals surface area contributed by atoms with Gasteiger partial charge in [-0.1, -0.05) is 86.9 Å². The summed E-state index contributed by atoms with van der Waals surface area (Å²) in [5.74, 6) is 1.08. The van der Waals surface area contributed by atoms with E-state index in [2.05, 4.69) is 87.8 Å². The van der Waals surface area contributed by atoms with Crippen molar-refractivity contribution in [1.82, 2.24) is 0 Å². The summed E-state index contributed by atoms with van der Waals surface area (Å²) in [4.78, 5) is 0. The molecule has 3 rings (SSSR count). The zero-order valence-electron chi connectivity index (χ0n) is 15.9. The molecule has 128 valence electrons. The minimum Gasteiger partial charge on any atom is -0.492 e. The highest BCUT2D eigenvalue weighted by molar-refractivity contribution is 6.89. The molecule has 0 saturated carbocycles. The van der Waals surface area contributed by atoms with E-state index in [9.17, 15) is 0 Å². The number of hydrogen-bond donors (Lipinski definition) is 0. The maximum Gasteiger partial charge on any atom is 0.123 e. The van der Waals surface area contributed by atoms with Gasteiger partial charge in [0.05, 0.1) is 13.5 Å². The van der Waals surface area contributed by atoms with Crippen LogP contribution in [-0.2, 0) is 5.41 Å². The van der Waals surface area contributed by atoms with Crippen LogP contribution in [-0.4, -0.2) is 22.8 Å². The summed E-state index contributed by atoms with van der Waals surface area (Å²) in [5.41, 5.74) is 2.95. The highest BCUT2D eigenvalue weighted by Gasteiger charge is 2.46. The summed E-state index contributed by atoms with van der Waals surface area (Å²) in [5, 5.41) is 1.59. The Labute approximate surface area is 149 Å². The van der Waals surface area contributed by atoms with Gasteiger partial charge in [-0.15, -0.1) is 0 Å². The molecule has 0 aliphatic carbocycles. The number of hydrogen-bond acceptors (Lipinski definition) is 1. The molecule has 1 heterocycles. The standard InChI is InChI=1S/C21H30OSi2/c1-23(2,3)16-21(15-22-19-13-9-7-11-17(19)21)18-12-8-10-14-20(18)24(4,5)6/h7-14H,15-16H2,1-6H3. The molecular formula is C21H30OSi2. The summed E-state index contributed by atoms with van der Waals surface area (Å²) in [6, 6.07) is 19.1. The number of para-hydroxylation sites is 1. The molecule has 0 bridgehead atoms. The molecule has 0 saturated heterocycles. The largest absolute Gasteiger partial charge is 0.492 e. The predicted molar refractivity (Wildman–Crippen MR) is 110 cm³/mol. The zero-order valence-corrected chi connectivity index (χ0v) is 17.9. The number of rotatable bonds is 4. The molecule has 0 N–H and O–H groups in total. The molecule has 0 aromatic heterocycles. The third-order valence-corrected chi connectivity index (χ3v) is 8.68. The lowest BCUT2D eigenvalue weighted by Gasteiger charge is -2.38. The van der Waals surface area contributed by atoms with E-state index in [-0.39, 0.29) is 5.41 Å². The Hall–Kier alpha value is -1.33. The molecule has 0 radical (unpaired) electrons. The first kappa shape index (κ1) is 17.5. The Kier molecular flexibility index (Phi) is 4.29. The van der Waals surface area contributed by atoms with Crippen LogP contribution in [0.5, 0.6) is 5.75 Å². The van der Waals surface area contributed by atoms with Crippen LogP contribution in [0.3, 0.4) is 0 Å². The fraction of sp³-hybridized carbons (Fsp3) is 0.429. The van der Waals surface area contributed by atoms with Gasteiger partial charge < -0.3 is 4.74 Å². The van der Waals surface area contributed by atoms with Gasteiger partial charge >= 0.3 is 0 Å². The smallest absolute Gasteiger partial charge is 0.123 e. The number of ether oxygens (including phenoxy) is 1. The molecule has 1 unspecified atom stereocenters. The van der Waals surface area contributed by atoms with E-state index in [1.807, 2.05) is 0 Å². The fourth-order valence-electron chi connectivity index (χ4n) is 4.19. The van der Waals surface area contributed by atoms with Gasteiger partial charge in [0.1, 0.15) is 12.4 Å². The van der Waals surface area contributed by atoms with Crippen molar-refractivity contribution in [3.05, 3.63) is 59.7 Å². The average molecular weight is 355 g/mol. The van der Waals surface area contributed by atoms with Gasteiger partial charge in [-0.2, -0.15) is 0 Å². The summed E-state index contributed by atoms with van der Waals surface area (Å²) in [6.45, 7) is 15.6. The van der Waals surface area contributed by atoms with Crippen molar-refractivity contribution in [3.8, 4) is 5.75 Å². The second kappa shape index (κ2) is 5.89. The summed E-state index contributed by atoms with van der Waals surface area (Å²) >= 11 is 0. The third-order valence-electron chi connectivity index (χ3n) is 4.96. The topological polar surface area (TPSA) is 9.23 Å². The number of benzene rings is 2. The first-order chi connectivity index (χ1) is 11.1. The maximum absolute atomic E-state index is 6.22. The van der Waals surface area contributed by atoms with Gasteiger partial charge in [-0.25, -0.2) is 0 Å². The molecule has 2 aromatic carbocycles. The molecule has 1 atom stereocenters. The Morgan fingerprint density at radius 1 is 0.833 bits per heavy atom. The molecule has 1 nitrogen and oxygen atoms in total. The molecule has 0 fully saturated rings. The van der Waals surface area contributed by atoms with E-state index in [1.165, 1.54) is 17.2 Å². The second-order valence-corrected chi connectivity index (χ2v) is 19.9. The molecule has 1 aliphatic heterocycles. The molecule has 0 amide bonds. The summed E-state index contributed by atoms with van der Waals surface area (Å²) in [6.07, 6.45) is 0. The predicted octanol–water partition coefficient (Wildman–Crippen LogP) is 5.25. The Balaban J connectivity index is 2.27. The third kappa shape index (κ3) is 3.12. The highest BCUT2D eigenvalue weighted by Crippen LogP contribution is 2.48. The molecule has 2 aromatic rings. The zero-order chi connectivity index (χ0) is 17.6. The van der Waals surface area contributed by atoms with E-state index >= 15 is 0 Å². The van der Waals surface area contributed by atoms with Crippen LogP contribution < -0.4 is 9.92 Å².